The van der Waals surface area contributed by atoms with Crippen molar-refractivity contribution in [2.75, 3.05) is 27.2 Å². The van der Waals surface area contributed by atoms with Crippen molar-refractivity contribution < 1.29 is 4.74 Å². The van der Waals surface area contributed by atoms with Crippen LogP contribution >= 0.6 is 39.9 Å². The number of hydrogen-bond donors (Lipinski definition) is 1. The maximum absolute atomic E-state index is 5.25. The van der Waals surface area contributed by atoms with Crippen molar-refractivity contribution >= 4 is 45.9 Å². The summed E-state index contributed by atoms with van der Waals surface area (Å²) < 4.78 is 6.23. The monoisotopic (exact) mass is 481 g/mol. The fraction of sp³-hybridized carbons (Fsp3) is 0.562. The first-order valence-electron chi connectivity index (χ1n) is 7.42. The molecule has 0 saturated carbocycles. The third-order valence-corrected chi connectivity index (χ3v) is 4.45. The number of nitrogens with one attached hydrogen (secondary N) is 1. The van der Waals surface area contributed by atoms with Crippen LogP contribution in [0.3, 0.4) is 0 Å². The van der Waals surface area contributed by atoms with Crippen molar-refractivity contribution in [3.8, 4) is 5.75 Å². The van der Waals surface area contributed by atoms with Gasteiger partial charge in [0.1, 0.15) is 5.75 Å². The van der Waals surface area contributed by atoms with Gasteiger partial charge in [-0.3, -0.25) is 4.99 Å². The van der Waals surface area contributed by atoms with Gasteiger partial charge in [0.05, 0.1) is 11.6 Å². The Hall–Kier alpha value is -0.500. The summed E-state index contributed by atoms with van der Waals surface area (Å²) in [5, 5.41) is 3.45. The molecule has 1 N–H and O–H groups in total. The number of aliphatic imine (C=N–C) groups is 1. The largest absolute Gasteiger partial charge is 0.496 e. The average molecular weight is 482 g/mol. The number of likely N-dealkylation sites (tertiary alicyclic amines) is 1. The van der Waals surface area contributed by atoms with Gasteiger partial charge in [0.15, 0.2) is 5.96 Å². The average Bonchev–Trinajstić information content (AvgIpc) is 2.48. The summed E-state index contributed by atoms with van der Waals surface area (Å²) in [4.78, 5) is 6.77. The molecule has 1 saturated heterocycles. The zero-order valence-corrected chi connectivity index (χ0v) is 17.4. The molecule has 1 atom stereocenters. The molecule has 124 valence electrons. The topological polar surface area (TPSA) is 36.9 Å². The van der Waals surface area contributed by atoms with Crippen molar-refractivity contribution in [2.24, 2.45) is 10.9 Å². The van der Waals surface area contributed by atoms with Crippen LogP contribution in [0.4, 0.5) is 0 Å². The lowest BCUT2D eigenvalue weighted by molar-refractivity contribution is 0.266. The second kappa shape index (κ2) is 9.60. The van der Waals surface area contributed by atoms with E-state index in [9.17, 15) is 0 Å². The number of benzene rings is 1. The van der Waals surface area contributed by atoms with Crippen LogP contribution in [-0.2, 0) is 6.54 Å². The number of halogens is 2. The van der Waals surface area contributed by atoms with Gasteiger partial charge in [-0.25, -0.2) is 0 Å². The zero-order valence-electron chi connectivity index (χ0n) is 13.4. The quantitative estimate of drug-likeness (QED) is 0.404. The molecule has 1 aliphatic rings. The molecule has 4 nitrogen and oxygen atoms in total. The van der Waals surface area contributed by atoms with Crippen molar-refractivity contribution in [2.45, 2.75) is 26.3 Å². The van der Waals surface area contributed by atoms with Crippen molar-refractivity contribution in [1.29, 1.82) is 0 Å². The van der Waals surface area contributed by atoms with Crippen molar-refractivity contribution in [1.82, 2.24) is 10.2 Å². The normalized spacial score (nSPS) is 18.6. The smallest absolute Gasteiger partial charge is 0.193 e. The minimum absolute atomic E-state index is 0. The Morgan fingerprint density at radius 3 is 2.86 bits per heavy atom. The predicted octanol–water partition coefficient (Wildman–Crippen LogP) is 3.88. The van der Waals surface area contributed by atoms with E-state index in [0.717, 1.165) is 41.7 Å². The van der Waals surface area contributed by atoms with E-state index < -0.39 is 0 Å². The molecule has 1 fully saturated rings. The molecular formula is C16H25BrIN3O. The van der Waals surface area contributed by atoms with Crippen LogP contribution in [0.15, 0.2) is 27.7 Å². The van der Waals surface area contributed by atoms with Gasteiger partial charge in [0.25, 0.3) is 0 Å². The van der Waals surface area contributed by atoms with Crippen molar-refractivity contribution in [3.05, 3.63) is 28.2 Å². The van der Waals surface area contributed by atoms with E-state index in [1.165, 1.54) is 18.4 Å². The van der Waals surface area contributed by atoms with Gasteiger partial charge >= 0.3 is 0 Å². The maximum atomic E-state index is 5.25. The Labute approximate surface area is 158 Å². The number of methoxy groups -OCH3 is 1. The standard InChI is InChI=1S/C16H24BrN3O.HI/c1-12-5-4-8-20(11-12)16(18-2)19-10-13-6-7-15(21-3)14(17)9-13;/h6-7,9,12H,4-5,8,10-11H2,1-3H3,(H,18,19);1H. The number of nitrogens with zero attached hydrogens (tertiary/aromatic N) is 2. The number of piperidine rings is 1. The van der Waals surface area contributed by atoms with Gasteiger partial charge < -0.3 is 15.0 Å². The van der Waals surface area contributed by atoms with E-state index in [-0.39, 0.29) is 24.0 Å². The molecule has 1 aromatic rings. The molecule has 22 heavy (non-hydrogen) atoms. The summed E-state index contributed by atoms with van der Waals surface area (Å²) in [7, 11) is 3.53. The highest BCUT2D eigenvalue weighted by Gasteiger charge is 2.18. The SMILES string of the molecule is CN=C(NCc1ccc(OC)c(Br)c1)N1CCCC(C)C1.I. The molecule has 1 aromatic carbocycles. The van der Waals surface area contributed by atoms with Crippen LogP contribution in [0, 0.1) is 5.92 Å². The fourth-order valence-corrected chi connectivity index (χ4v) is 3.30. The lowest BCUT2D eigenvalue weighted by atomic mass is 10.0. The second-order valence-electron chi connectivity index (χ2n) is 5.56. The van der Waals surface area contributed by atoms with Crippen LogP contribution < -0.4 is 10.1 Å². The zero-order chi connectivity index (χ0) is 15.2. The molecule has 0 bridgehead atoms. The molecule has 1 heterocycles. The van der Waals surface area contributed by atoms with E-state index in [4.69, 9.17) is 4.74 Å². The fourth-order valence-electron chi connectivity index (χ4n) is 2.72. The first kappa shape index (κ1) is 19.5. The van der Waals surface area contributed by atoms with E-state index >= 15 is 0 Å². The molecular weight excluding hydrogens is 457 g/mol. The number of rotatable bonds is 3. The van der Waals surface area contributed by atoms with E-state index in [0.29, 0.717) is 0 Å². The summed E-state index contributed by atoms with van der Waals surface area (Å²) >= 11 is 3.52. The summed E-state index contributed by atoms with van der Waals surface area (Å²) in [5.41, 5.74) is 1.20. The van der Waals surface area contributed by atoms with Gasteiger partial charge in [-0.1, -0.05) is 13.0 Å². The van der Waals surface area contributed by atoms with Crippen LogP contribution in [0.25, 0.3) is 0 Å². The van der Waals surface area contributed by atoms with E-state index in [2.05, 4.69) is 50.2 Å². The third-order valence-electron chi connectivity index (χ3n) is 3.84. The first-order valence-corrected chi connectivity index (χ1v) is 8.21. The lowest BCUT2D eigenvalue weighted by Gasteiger charge is -2.33. The Balaban J connectivity index is 0.00000242. The van der Waals surface area contributed by atoms with Crippen LogP contribution in [0.1, 0.15) is 25.3 Å². The third kappa shape index (κ3) is 5.30. The molecule has 1 aliphatic heterocycles. The highest BCUT2D eigenvalue weighted by atomic mass is 127. The molecule has 2 rings (SSSR count). The van der Waals surface area contributed by atoms with Crippen LogP contribution in [0.2, 0.25) is 0 Å². The van der Waals surface area contributed by atoms with Crippen LogP contribution in [0.5, 0.6) is 5.75 Å². The highest BCUT2D eigenvalue weighted by Crippen LogP contribution is 2.25. The molecule has 0 aliphatic carbocycles. The number of hydrogen-bond acceptors (Lipinski definition) is 2. The molecule has 1 unspecified atom stereocenters. The van der Waals surface area contributed by atoms with Gasteiger partial charge in [-0.15, -0.1) is 24.0 Å². The Morgan fingerprint density at radius 2 is 2.27 bits per heavy atom. The predicted molar refractivity (Wildman–Crippen MR) is 106 cm³/mol. The molecule has 0 amide bonds. The summed E-state index contributed by atoms with van der Waals surface area (Å²) in [6.45, 7) is 5.25. The van der Waals surface area contributed by atoms with E-state index in [1.54, 1.807) is 7.11 Å². The van der Waals surface area contributed by atoms with Gasteiger partial charge in [-0.2, -0.15) is 0 Å². The Kier molecular flexibility index (Phi) is 8.53. The molecule has 0 spiro atoms. The molecule has 0 radical (unpaired) electrons. The second-order valence-corrected chi connectivity index (χ2v) is 6.42. The Bertz CT molecular complexity index is 510. The molecule has 0 aromatic heterocycles. The van der Waals surface area contributed by atoms with Crippen molar-refractivity contribution in [3.63, 3.8) is 0 Å². The maximum Gasteiger partial charge on any atom is 0.193 e. The van der Waals surface area contributed by atoms with Gasteiger partial charge in [0.2, 0.25) is 0 Å². The molecule has 6 heteroatoms. The minimum atomic E-state index is 0. The Morgan fingerprint density at radius 1 is 1.50 bits per heavy atom. The number of ether oxygens (including phenoxy) is 1. The van der Waals surface area contributed by atoms with Gasteiger partial charge in [0, 0.05) is 26.7 Å². The van der Waals surface area contributed by atoms with E-state index in [1.807, 2.05) is 13.1 Å². The number of guanidine groups is 1. The lowest BCUT2D eigenvalue weighted by Crippen LogP contribution is -2.45. The summed E-state index contributed by atoms with van der Waals surface area (Å²) in [5.74, 6) is 2.59. The highest BCUT2D eigenvalue weighted by molar-refractivity contribution is 14.0. The van der Waals surface area contributed by atoms with Crippen LogP contribution in [-0.4, -0.2) is 38.1 Å². The first-order chi connectivity index (χ1) is 10.1. The van der Waals surface area contributed by atoms with Gasteiger partial charge in [-0.05, 0) is 52.4 Å². The summed E-state index contributed by atoms with van der Waals surface area (Å²) in [6, 6.07) is 6.13. The summed E-state index contributed by atoms with van der Waals surface area (Å²) in [6.07, 6.45) is 2.56. The minimum Gasteiger partial charge on any atom is -0.496 e.